The van der Waals surface area contributed by atoms with E-state index in [1.807, 2.05) is 36.4 Å². The van der Waals surface area contributed by atoms with Crippen molar-refractivity contribution in [3.8, 4) is 5.75 Å². The third-order valence-corrected chi connectivity index (χ3v) is 5.27. The van der Waals surface area contributed by atoms with E-state index in [-0.39, 0.29) is 17.7 Å². The van der Waals surface area contributed by atoms with E-state index >= 15 is 0 Å². The zero-order valence-corrected chi connectivity index (χ0v) is 16.2. The first-order valence-corrected chi connectivity index (χ1v) is 10.0. The third kappa shape index (κ3) is 3.87. The second kappa shape index (κ2) is 7.59. The molecule has 4 aromatic rings. The molecular formula is C23H21N5O2. The summed E-state index contributed by atoms with van der Waals surface area (Å²) in [5.74, 6) is 1.73. The van der Waals surface area contributed by atoms with Gasteiger partial charge in [-0.05, 0) is 55.2 Å². The van der Waals surface area contributed by atoms with Crippen LogP contribution >= 0.6 is 0 Å². The number of imidazole rings is 1. The van der Waals surface area contributed by atoms with Crippen molar-refractivity contribution in [1.82, 2.24) is 25.3 Å². The van der Waals surface area contributed by atoms with Gasteiger partial charge in [-0.3, -0.25) is 4.79 Å². The van der Waals surface area contributed by atoms with Crippen LogP contribution in [0.5, 0.6) is 5.75 Å². The lowest BCUT2D eigenvalue weighted by Crippen LogP contribution is -2.31. The molecule has 1 amide bonds. The number of hydrogen-bond donors (Lipinski definition) is 3. The molecule has 0 saturated heterocycles. The number of rotatable bonds is 6. The first kappa shape index (κ1) is 18.3. The molecule has 0 bridgehead atoms. The number of nitrogens with zero attached hydrogens (tertiary/aromatic N) is 3. The molecule has 2 heterocycles. The summed E-state index contributed by atoms with van der Waals surface area (Å²) in [7, 11) is 0. The number of aromatic amines is 1. The van der Waals surface area contributed by atoms with Gasteiger partial charge in [0.1, 0.15) is 23.1 Å². The number of fused-ring (bicyclic) bond motifs is 1. The first-order chi connectivity index (χ1) is 14.7. The fraction of sp³-hybridized carbons (Fsp3) is 0.217. The quantitative estimate of drug-likeness (QED) is 0.459. The maximum Gasteiger partial charge on any atom is 0.270 e. The van der Waals surface area contributed by atoms with Gasteiger partial charge in [0, 0.05) is 12.1 Å². The fourth-order valence-corrected chi connectivity index (χ4v) is 3.49. The van der Waals surface area contributed by atoms with Crippen LogP contribution in [0, 0.1) is 0 Å². The van der Waals surface area contributed by atoms with Gasteiger partial charge in [0.2, 0.25) is 0 Å². The summed E-state index contributed by atoms with van der Waals surface area (Å²) in [5, 5.41) is 12.6. The number of phenolic OH excluding ortho intramolecular Hbond substituents is 1. The van der Waals surface area contributed by atoms with Crippen molar-refractivity contribution >= 4 is 16.9 Å². The van der Waals surface area contributed by atoms with E-state index in [2.05, 4.69) is 25.3 Å². The lowest BCUT2D eigenvalue weighted by atomic mass is 10.0. The van der Waals surface area contributed by atoms with Crippen molar-refractivity contribution < 1.29 is 9.90 Å². The largest absolute Gasteiger partial charge is 0.508 e. The first-order valence-electron chi connectivity index (χ1n) is 10.0. The summed E-state index contributed by atoms with van der Waals surface area (Å²) < 4.78 is 0. The zero-order valence-electron chi connectivity index (χ0n) is 16.2. The van der Waals surface area contributed by atoms with Gasteiger partial charge in [0.15, 0.2) is 0 Å². The summed E-state index contributed by atoms with van der Waals surface area (Å²) in [6.07, 6.45) is 4.32. The molecule has 1 saturated carbocycles. The molecule has 1 aliphatic carbocycles. The van der Waals surface area contributed by atoms with Crippen LogP contribution in [0.25, 0.3) is 11.0 Å². The van der Waals surface area contributed by atoms with Gasteiger partial charge < -0.3 is 15.4 Å². The molecule has 1 atom stereocenters. The number of benzene rings is 2. The van der Waals surface area contributed by atoms with Gasteiger partial charge in [-0.1, -0.05) is 24.3 Å². The summed E-state index contributed by atoms with van der Waals surface area (Å²) in [5.41, 5.74) is 3.09. The molecule has 0 radical (unpaired) electrons. The third-order valence-electron chi connectivity index (χ3n) is 5.27. The van der Waals surface area contributed by atoms with Crippen molar-refractivity contribution in [3.63, 3.8) is 0 Å². The molecule has 150 valence electrons. The van der Waals surface area contributed by atoms with Crippen LogP contribution in [0.1, 0.15) is 52.5 Å². The molecule has 1 fully saturated rings. The molecular weight excluding hydrogens is 378 g/mol. The highest BCUT2D eigenvalue weighted by Crippen LogP contribution is 2.37. The Labute approximate surface area is 173 Å². The summed E-state index contributed by atoms with van der Waals surface area (Å²) in [6, 6.07) is 16.0. The predicted molar refractivity (Wildman–Crippen MR) is 112 cm³/mol. The molecule has 5 rings (SSSR count). The minimum absolute atomic E-state index is 0.205. The maximum absolute atomic E-state index is 13.0. The Kier molecular flexibility index (Phi) is 4.63. The highest BCUT2D eigenvalue weighted by Gasteiger charge is 2.27. The number of H-pyrrole nitrogens is 1. The summed E-state index contributed by atoms with van der Waals surface area (Å²) in [4.78, 5) is 29.7. The molecule has 2 aromatic heterocycles. The standard InChI is InChI=1S/C23H21N5O2/c29-16-9-5-14(6-10-16)13-20(22-25-17-3-1-2-4-18(17)26-22)28-23(30)19-11-12-24-21(27-19)15-7-8-15/h1-6,9-12,15,20,29H,7-8,13H2,(H,25,26)(H,28,30). The molecule has 2 aromatic carbocycles. The Balaban J connectivity index is 1.44. The highest BCUT2D eigenvalue weighted by atomic mass is 16.3. The van der Waals surface area contributed by atoms with Gasteiger partial charge in [-0.15, -0.1) is 0 Å². The van der Waals surface area contributed by atoms with Crippen LogP contribution in [0.2, 0.25) is 0 Å². The van der Waals surface area contributed by atoms with Crippen LogP contribution in [0.4, 0.5) is 0 Å². The van der Waals surface area contributed by atoms with Crippen molar-refractivity contribution in [3.05, 3.63) is 83.7 Å². The fourth-order valence-electron chi connectivity index (χ4n) is 3.49. The van der Waals surface area contributed by atoms with Crippen molar-refractivity contribution in [2.75, 3.05) is 0 Å². The van der Waals surface area contributed by atoms with Crippen LogP contribution in [-0.4, -0.2) is 30.9 Å². The predicted octanol–water partition coefficient (Wildman–Crippen LogP) is 3.65. The van der Waals surface area contributed by atoms with Crippen LogP contribution < -0.4 is 5.32 Å². The molecule has 7 heteroatoms. The van der Waals surface area contributed by atoms with Crippen LogP contribution in [0.15, 0.2) is 60.8 Å². The second-order valence-corrected chi connectivity index (χ2v) is 7.61. The van der Waals surface area contributed by atoms with Gasteiger partial charge in [0.05, 0.1) is 17.1 Å². The average Bonchev–Trinajstić information content (AvgIpc) is 3.53. The van der Waals surface area contributed by atoms with Crippen molar-refractivity contribution in [1.29, 1.82) is 0 Å². The monoisotopic (exact) mass is 399 g/mol. The van der Waals surface area contributed by atoms with Gasteiger partial charge in [-0.25, -0.2) is 15.0 Å². The Bertz CT molecular complexity index is 1160. The van der Waals surface area contributed by atoms with E-state index in [9.17, 15) is 9.90 Å². The maximum atomic E-state index is 13.0. The van der Waals surface area contributed by atoms with E-state index in [4.69, 9.17) is 0 Å². The summed E-state index contributed by atoms with van der Waals surface area (Å²) >= 11 is 0. The number of carbonyl (C=O) groups excluding carboxylic acids is 1. The Hall–Kier alpha value is -3.74. The molecule has 3 N–H and O–H groups in total. The van der Waals surface area contributed by atoms with Crippen LogP contribution in [0.3, 0.4) is 0 Å². The number of phenols is 1. The zero-order chi connectivity index (χ0) is 20.5. The smallest absolute Gasteiger partial charge is 0.270 e. The molecule has 1 unspecified atom stereocenters. The van der Waals surface area contributed by atoms with Gasteiger partial charge in [-0.2, -0.15) is 0 Å². The molecule has 7 nitrogen and oxygen atoms in total. The Morgan fingerprint density at radius 3 is 2.67 bits per heavy atom. The van der Waals surface area contributed by atoms with Crippen molar-refractivity contribution in [2.24, 2.45) is 0 Å². The van der Waals surface area contributed by atoms with E-state index in [1.165, 1.54) is 0 Å². The topological polar surface area (TPSA) is 104 Å². The highest BCUT2D eigenvalue weighted by molar-refractivity contribution is 5.92. The van der Waals surface area contributed by atoms with Gasteiger partial charge in [0.25, 0.3) is 5.91 Å². The molecule has 0 spiro atoms. The van der Waals surface area contributed by atoms with E-state index in [0.29, 0.717) is 23.9 Å². The normalized spacial score (nSPS) is 14.5. The Morgan fingerprint density at radius 1 is 1.10 bits per heavy atom. The van der Waals surface area contributed by atoms with E-state index in [1.54, 1.807) is 24.4 Å². The van der Waals surface area contributed by atoms with E-state index in [0.717, 1.165) is 35.3 Å². The number of hydrogen-bond acceptors (Lipinski definition) is 5. The minimum Gasteiger partial charge on any atom is -0.508 e. The number of aromatic nitrogens is 4. The van der Waals surface area contributed by atoms with Gasteiger partial charge >= 0.3 is 0 Å². The minimum atomic E-state index is -0.381. The number of carbonyl (C=O) groups is 1. The molecule has 30 heavy (non-hydrogen) atoms. The lowest BCUT2D eigenvalue weighted by molar-refractivity contribution is 0.0929. The second-order valence-electron chi connectivity index (χ2n) is 7.61. The number of amides is 1. The average molecular weight is 399 g/mol. The van der Waals surface area contributed by atoms with Crippen molar-refractivity contribution in [2.45, 2.75) is 31.2 Å². The number of nitrogens with one attached hydrogen (secondary N) is 2. The molecule has 1 aliphatic rings. The van der Waals surface area contributed by atoms with E-state index < -0.39 is 0 Å². The number of para-hydroxylation sites is 2. The number of aromatic hydroxyl groups is 1. The molecule has 0 aliphatic heterocycles. The Morgan fingerprint density at radius 2 is 1.90 bits per heavy atom. The SMILES string of the molecule is O=C(NC(Cc1ccc(O)cc1)c1nc2ccccc2[nH]1)c1ccnc(C2CC2)n1. The summed E-state index contributed by atoms with van der Waals surface area (Å²) in [6.45, 7) is 0. The lowest BCUT2D eigenvalue weighted by Gasteiger charge is -2.17. The van der Waals surface area contributed by atoms with Crippen LogP contribution in [-0.2, 0) is 6.42 Å².